The lowest BCUT2D eigenvalue weighted by atomic mass is 10.00. The van der Waals surface area contributed by atoms with E-state index in [-0.39, 0.29) is 18.7 Å². The zero-order valence-electron chi connectivity index (χ0n) is 21.2. The smallest absolute Gasteiger partial charge is 0.335 e. The average molecular weight is 565 g/mol. The lowest BCUT2D eigenvalue weighted by molar-refractivity contribution is -0.116. The van der Waals surface area contributed by atoms with E-state index in [1.807, 2.05) is 36.4 Å². The van der Waals surface area contributed by atoms with Crippen molar-refractivity contribution in [2.75, 3.05) is 5.32 Å². The van der Waals surface area contributed by atoms with E-state index < -0.39 is 12.8 Å². The Balaban J connectivity index is 1.43. The lowest BCUT2D eigenvalue weighted by Crippen LogP contribution is -2.21. The summed E-state index contributed by atoms with van der Waals surface area (Å²) in [6.45, 7) is 2.90. The van der Waals surface area contributed by atoms with E-state index in [9.17, 15) is 19.1 Å². The summed E-state index contributed by atoms with van der Waals surface area (Å²) in [5.74, 6) is 0.168. The predicted molar refractivity (Wildman–Crippen MR) is 150 cm³/mol. The van der Waals surface area contributed by atoms with Gasteiger partial charge in [0.1, 0.15) is 17.8 Å². The maximum absolute atomic E-state index is 13.0. The van der Waals surface area contributed by atoms with Gasteiger partial charge in [-0.3, -0.25) is 13.9 Å². The van der Waals surface area contributed by atoms with E-state index >= 15 is 0 Å². The molecule has 0 fully saturated rings. The van der Waals surface area contributed by atoms with Gasteiger partial charge in [-0.1, -0.05) is 54.1 Å². The number of aryl methyl sites for hydroxylation is 1. The Labute approximate surface area is 229 Å². The molecule has 0 saturated carbocycles. The lowest BCUT2D eigenvalue weighted by Gasteiger charge is -2.28. The van der Waals surface area contributed by atoms with Gasteiger partial charge in [0.15, 0.2) is 0 Å². The Kier molecular flexibility index (Phi) is 7.18. The van der Waals surface area contributed by atoms with Gasteiger partial charge in [-0.25, -0.2) is 4.98 Å². The van der Waals surface area contributed by atoms with Crippen molar-refractivity contribution in [2.24, 2.45) is 0 Å². The minimum absolute atomic E-state index is 0.0462. The van der Waals surface area contributed by atoms with Crippen LogP contribution in [0.5, 0.6) is 0 Å². The van der Waals surface area contributed by atoms with E-state index in [1.54, 1.807) is 47.3 Å². The van der Waals surface area contributed by atoms with Crippen LogP contribution >= 0.6 is 19.2 Å². The summed E-state index contributed by atoms with van der Waals surface area (Å²) in [6, 6.07) is 21.7. The molecule has 0 aliphatic rings. The van der Waals surface area contributed by atoms with Crippen molar-refractivity contribution in [3.8, 4) is 17.3 Å². The van der Waals surface area contributed by atoms with Crippen LogP contribution in [0.1, 0.15) is 31.6 Å². The summed E-state index contributed by atoms with van der Waals surface area (Å²) in [5.41, 5.74) is 3.68. The van der Waals surface area contributed by atoms with Gasteiger partial charge in [-0.05, 0) is 49.7 Å². The summed E-state index contributed by atoms with van der Waals surface area (Å²) >= 11 is 6.09. The van der Waals surface area contributed by atoms with Crippen molar-refractivity contribution in [3.63, 3.8) is 0 Å². The first-order chi connectivity index (χ1) is 18.5. The third-order valence-corrected chi connectivity index (χ3v) is 8.58. The van der Waals surface area contributed by atoms with Gasteiger partial charge in [0.05, 0.1) is 16.2 Å². The van der Waals surface area contributed by atoms with Gasteiger partial charge in [0.25, 0.3) is 0 Å². The molecule has 11 heteroatoms. The Bertz CT molecular complexity index is 1700. The quantitative estimate of drug-likeness (QED) is 0.188. The number of para-hydroxylation sites is 3. The SMILES string of the molecule is CC(C)(c1ccccc1NC(=O)CCc1oc(-n2cnc3ccccc32)nc1-c1ccc(Cl)cc1)P(=O)(O)O. The van der Waals surface area contributed by atoms with Gasteiger partial charge >= 0.3 is 13.6 Å². The first kappa shape index (κ1) is 26.8. The third-order valence-electron chi connectivity index (χ3n) is 6.63. The molecule has 0 atom stereocenters. The number of hydrogen-bond acceptors (Lipinski definition) is 5. The van der Waals surface area contributed by atoms with E-state index in [0.717, 1.165) is 16.6 Å². The molecule has 0 aliphatic heterocycles. The van der Waals surface area contributed by atoms with Gasteiger partial charge < -0.3 is 19.5 Å². The van der Waals surface area contributed by atoms with E-state index in [0.29, 0.717) is 33.7 Å². The van der Waals surface area contributed by atoms with Crippen LogP contribution in [0, 0.1) is 0 Å². The van der Waals surface area contributed by atoms with Crippen LogP contribution in [-0.2, 0) is 20.9 Å². The molecular formula is C28H26ClN4O5P. The van der Waals surface area contributed by atoms with Crippen molar-refractivity contribution >= 4 is 41.8 Å². The number of anilines is 1. The third kappa shape index (κ3) is 5.40. The fourth-order valence-corrected chi connectivity index (χ4v) is 4.91. The van der Waals surface area contributed by atoms with Crippen LogP contribution < -0.4 is 5.32 Å². The number of benzene rings is 3. The van der Waals surface area contributed by atoms with Crippen molar-refractivity contribution in [2.45, 2.75) is 31.8 Å². The number of amides is 1. The highest BCUT2D eigenvalue weighted by molar-refractivity contribution is 7.53. The molecule has 2 heterocycles. The van der Waals surface area contributed by atoms with Gasteiger partial charge in [-0.15, -0.1) is 0 Å². The maximum Gasteiger partial charge on any atom is 0.335 e. The van der Waals surface area contributed by atoms with Crippen molar-refractivity contribution in [1.29, 1.82) is 0 Å². The molecule has 39 heavy (non-hydrogen) atoms. The van der Waals surface area contributed by atoms with E-state index in [1.165, 1.54) is 13.8 Å². The highest BCUT2D eigenvalue weighted by Crippen LogP contribution is 2.57. The molecule has 200 valence electrons. The molecule has 9 nitrogen and oxygen atoms in total. The summed E-state index contributed by atoms with van der Waals surface area (Å²) in [6.07, 6.45) is 1.91. The van der Waals surface area contributed by atoms with Crippen LogP contribution in [0.3, 0.4) is 0 Å². The summed E-state index contributed by atoms with van der Waals surface area (Å²) in [7, 11) is -4.50. The molecule has 0 aliphatic carbocycles. The highest BCUT2D eigenvalue weighted by atomic mass is 35.5. The van der Waals surface area contributed by atoms with Crippen LogP contribution in [0.15, 0.2) is 83.5 Å². The van der Waals surface area contributed by atoms with Crippen LogP contribution in [-0.4, -0.2) is 30.2 Å². The van der Waals surface area contributed by atoms with E-state index in [4.69, 9.17) is 21.0 Å². The van der Waals surface area contributed by atoms with Gasteiger partial charge in [0.2, 0.25) is 5.91 Å². The molecule has 5 rings (SSSR count). The number of aromatic nitrogens is 3. The highest BCUT2D eigenvalue weighted by Gasteiger charge is 2.41. The molecular weight excluding hydrogens is 539 g/mol. The topological polar surface area (TPSA) is 130 Å². The number of carbonyl (C=O) groups is 1. The minimum Gasteiger partial charge on any atom is -0.427 e. The number of rotatable bonds is 8. The second-order valence-electron chi connectivity index (χ2n) is 9.58. The molecule has 0 radical (unpaired) electrons. The van der Waals surface area contributed by atoms with Crippen molar-refractivity contribution in [3.05, 3.63) is 95.5 Å². The Hall–Kier alpha value is -3.75. The first-order valence-electron chi connectivity index (χ1n) is 12.2. The fraction of sp³-hybridized carbons (Fsp3) is 0.179. The molecule has 3 aromatic carbocycles. The normalized spacial score (nSPS) is 12.1. The van der Waals surface area contributed by atoms with Crippen LogP contribution in [0.25, 0.3) is 28.3 Å². The maximum atomic E-state index is 13.0. The van der Waals surface area contributed by atoms with Crippen molar-refractivity contribution in [1.82, 2.24) is 14.5 Å². The zero-order chi connectivity index (χ0) is 27.8. The molecule has 0 spiro atoms. The molecule has 5 aromatic rings. The Morgan fingerprint density at radius 3 is 2.49 bits per heavy atom. The Morgan fingerprint density at radius 2 is 1.74 bits per heavy atom. The molecule has 0 bridgehead atoms. The number of oxazole rings is 1. The monoisotopic (exact) mass is 564 g/mol. The van der Waals surface area contributed by atoms with Gasteiger partial charge in [0, 0.05) is 29.1 Å². The second-order valence-corrected chi connectivity index (χ2v) is 12.2. The zero-order valence-corrected chi connectivity index (χ0v) is 22.9. The van der Waals surface area contributed by atoms with E-state index in [2.05, 4.69) is 10.3 Å². The summed E-state index contributed by atoms with van der Waals surface area (Å²) < 4.78 is 20.0. The molecule has 2 aromatic heterocycles. The number of nitrogens with zero attached hydrogens (tertiary/aromatic N) is 3. The number of hydrogen-bond donors (Lipinski definition) is 3. The number of imidazole rings is 1. The predicted octanol–water partition coefficient (Wildman–Crippen LogP) is 6.32. The number of halogens is 1. The average Bonchev–Trinajstić information content (AvgIpc) is 3.52. The van der Waals surface area contributed by atoms with Crippen LogP contribution in [0.2, 0.25) is 5.02 Å². The summed E-state index contributed by atoms with van der Waals surface area (Å²) in [4.78, 5) is 41.9. The first-order valence-corrected chi connectivity index (χ1v) is 14.2. The van der Waals surface area contributed by atoms with Crippen LogP contribution in [0.4, 0.5) is 5.69 Å². The minimum atomic E-state index is -4.50. The molecule has 1 amide bonds. The fourth-order valence-electron chi connectivity index (χ4n) is 4.28. The second kappa shape index (κ2) is 10.4. The number of fused-ring (bicyclic) bond motifs is 1. The summed E-state index contributed by atoms with van der Waals surface area (Å²) in [5, 5.41) is 1.91. The number of carbonyl (C=O) groups excluding carboxylic acids is 1. The molecule has 3 N–H and O–H groups in total. The number of nitrogens with one attached hydrogen (secondary N) is 1. The Morgan fingerprint density at radius 1 is 1.05 bits per heavy atom. The van der Waals surface area contributed by atoms with Crippen molar-refractivity contribution < 1.29 is 23.6 Å². The molecule has 0 unspecified atom stereocenters. The van der Waals surface area contributed by atoms with Gasteiger partial charge in [-0.2, -0.15) is 4.98 Å². The largest absolute Gasteiger partial charge is 0.427 e. The molecule has 0 saturated heterocycles. The standard InChI is InChI=1S/C28H26ClN4O5P/c1-28(2,39(35,36)37)20-7-3-4-8-21(20)31-25(34)16-15-24-26(18-11-13-19(29)14-12-18)32-27(38-24)33-17-30-22-9-5-6-10-23(22)33/h3-14,17H,15-16H2,1-2H3,(H,31,34)(H2,35,36,37).